The van der Waals surface area contributed by atoms with Crippen LogP contribution in [0, 0.1) is 6.92 Å². The fourth-order valence-corrected chi connectivity index (χ4v) is 2.28. The molecule has 6 heteroatoms. The van der Waals surface area contributed by atoms with Crippen LogP contribution in [0.5, 0.6) is 0 Å². The van der Waals surface area contributed by atoms with Gasteiger partial charge in [0, 0.05) is 43.2 Å². The highest BCUT2D eigenvalue weighted by Crippen LogP contribution is 2.18. The first-order valence-electron chi connectivity index (χ1n) is 6.04. The molecule has 3 heterocycles. The summed E-state index contributed by atoms with van der Waals surface area (Å²) in [4.78, 5) is 18.2. The van der Waals surface area contributed by atoms with Gasteiger partial charge in [-0.1, -0.05) is 0 Å². The molecular formula is C12H16N6. The van der Waals surface area contributed by atoms with E-state index >= 15 is 0 Å². The zero-order valence-corrected chi connectivity index (χ0v) is 10.3. The van der Waals surface area contributed by atoms with Gasteiger partial charge < -0.3 is 10.7 Å². The second kappa shape index (κ2) is 4.38. The van der Waals surface area contributed by atoms with Crippen LogP contribution in [-0.4, -0.2) is 31.4 Å². The number of hydrogen-bond acceptors (Lipinski definition) is 5. The fourth-order valence-electron chi connectivity index (χ4n) is 2.28. The highest BCUT2D eigenvalue weighted by atomic mass is 15.2. The molecule has 3 N–H and O–H groups in total. The molecule has 0 aromatic carbocycles. The molecule has 0 bridgehead atoms. The minimum Gasteiger partial charge on any atom is -0.368 e. The van der Waals surface area contributed by atoms with Gasteiger partial charge in [0.1, 0.15) is 5.82 Å². The average Bonchev–Trinajstić information content (AvgIpc) is 2.75. The first kappa shape index (κ1) is 11.2. The molecule has 0 fully saturated rings. The van der Waals surface area contributed by atoms with Crippen LogP contribution in [0.15, 0.2) is 12.4 Å². The van der Waals surface area contributed by atoms with Crippen molar-refractivity contribution in [2.45, 2.75) is 26.4 Å². The van der Waals surface area contributed by atoms with Gasteiger partial charge in [0.15, 0.2) is 0 Å². The minimum atomic E-state index is 0.365. The van der Waals surface area contributed by atoms with Crippen molar-refractivity contribution in [3.63, 3.8) is 0 Å². The summed E-state index contributed by atoms with van der Waals surface area (Å²) in [5, 5.41) is 0. The second-order valence-corrected chi connectivity index (χ2v) is 4.67. The van der Waals surface area contributed by atoms with Gasteiger partial charge in [-0.05, 0) is 6.92 Å². The predicted molar refractivity (Wildman–Crippen MR) is 67.6 cm³/mol. The van der Waals surface area contributed by atoms with E-state index in [-0.39, 0.29) is 0 Å². The Morgan fingerprint density at radius 2 is 2.28 bits per heavy atom. The van der Waals surface area contributed by atoms with Crippen molar-refractivity contribution >= 4 is 5.95 Å². The number of nitrogens with two attached hydrogens (primary N) is 1. The maximum Gasteiger partial charge on any atom is 0.220 e. The molecule has 0 saturated heterocycles. The summed E-state index contributed by atoms with van der Waals surface area (Å²) in [6, 6.07) is 0. The molecule has 0 saturated carbocycles. The van der Waals surface area contributed by atoms with Crippen LogP contribution in [0.2, 0.25) is 0 Å². The summed E-state index contributed by atoms with van der Waals surface area (Å²) in [7, 11) is 0. The van der Waals surface area contributed by atoms with Gasteiger partial charge in [0.05, 0.1) is 12.2 Å². The predicted octanol–water partition coefficient (Wildman–Crippen LogP) is 0.649. The number of hydrogen-bond donors (Lipinski definition) is 2. The van der Waals surface area contributed by atoms with Crippen molar-refractivity contribution < 1.29 is 0 Å². The normalized spacial score (nSPS) is 15.6. The molecule has 2 aromatic rings. The number of aromatic nitrogens is 4. The molecular weight excluding hydrogens is 228 g/mol. The van der Waals surface area contributed by atoms with Crippen molar-refractivity contribution in [3.8, 4) is 0 Å². The third-order valence-corrected chi connectivity index (χ3v) is 3.16. The van der Waals surface area contributed by atoms with Gasteiger partial charge >= 0.3 is 0 Å². The topological polar surface area (TPSA) is 83.7 Å². The summed E-state index contributed by atoms with van der Waals surface area (Å²) >= 11 is 0. The van der Waals surface area contributed by atoms with E-state index in [1.165, 1.54) is 5.56 Å². The number of aryl methyl sites for hydroxylation is 1. The van der Waals surface area contributed by atoms with Crippen LogP contribution in [0.25, 0.3) is 0 Å². The minimum absolute atomic E-state index is 0.365. The Kier molecular flexibility index (Phi) is 2.71. The second-order valence-electron chi connectivity index (χ2n) is 4.67. The lowest BCUT2D eigenvalue weighted by Gasteiger charge is -2.26. The third-order valence-electron chi connectivity index (χ3n) is 3.16. The van der Waals surface area contributed by atoms with Gasteiger partial charge in [-0.25, -0.2) is 15.0 Å². The number of H-pyrrole nitrogens is 1. The summed E-state index contributed by atoms with van der Waals surface area (Å²) < 4.78 is 0. The molecule has 0 atom stereocenters. The molecule has 18 heavy (non-hydrogen) atoms. The molecule has 0 aliphatic carbocycles. The summed E-state index contributed by atoms with van der Waals surface area (Å²) in [5.41, 5.74) is 8.93. The Labute approximate surface area is 105 Å². The van der Waals surface area contributed by atoms with Crippen LogP contribution in [0.4, 0.5) is 5.95 Å². The monoisotopic (exact) mass is 244 g/mol. The third kappa shape index (κ3) is 2.19. The van der Waals surface area contributed by atoms with E-state index in [4.69, 9.17) is 5.73 Å². The molecule has 0 unspecified atom stereocenters. The van der Waals surface area contributed by atoms with Crippen molar-refractivity contribution in [3.05, 3.63) is 35.2 Å². The Balaban J connectivity index is 1.73. The SMILES string of the molecule is Cc1cnc(CN2CCc3nc(N)ncc3C2)[nH]1. The maximum absolute atomic E-state index is 5.59. The number of aromatic amines is 1. The van der Waals surface area contributed by atoms with Crippen LogP contribution in [0.3, 0.4) is 0 Å². The Hall–Kier alpha value is -1.95. The number of imidazole rings is 1. The van der Waals surface area contributed by atoms with Crippen LogP contribution < -0.4 is 5.73 Å². The van der Waals surface area contributed by atoms with E-state index in [0.717, 1.165) is 43.3 Å². The van der Waals surface area contributed by atoms with Crippen molar-refractivity contribution in [1.29, 1.82) is 0 Å². The van der Waals surface area contributed by atoms with E-state index < -0.39 is 0 Å². The highest BCUT2D eigenvalue weighted by molar-refractivity contribution is 5.27. The molecule has 3 rings (SSSR count). The fraction of sp³-hybridized carbons (Fsp3) is 0.417. The first-order valence-corrected chi connectivity index (χ1v) is 6.04. The maximum atomic E-state index is 5.59. The van der Waals surface area contributed by atoms with Crippen molar-refractivity contribution in [1.82, 2.24) is 24.8 Å². The van der Waals surface area contributed by atoms with Crippen LogP contribution >= 0.6 is 0 Å². The van der Waals surface area contributed by atoms with Gasteiger partial charge in [-0.15, -0.1) is 0 Å². The molecule has 6 nitrogen and oxygen atoms in total. The van der Waals surface area contributed by atoms with Crippen molar-refractivity contribution in [2.75, 3.05) is 12.3 Å². The van der Waals surface area contributed by atoms with Gasteiger partial charge in [-0.2, -0.15) is 0 Å². The van der Waals surface area contributed by atoms with Gasteiger partial charge in [0.25, 0.3) is 0 Å². The standard InChI is InChI=1S/C12H16N6/c1-8-4-14-11(16-8)7-18-3-2-10-9(6-18)5-15-12(13)17-10/h4-5H,2-3,6-7H2,1H3,(H,14,16)(H2,13,15,17). The van der Waals surface area contributed by atoms with Crippen LogP contribution in [0.1, 0.15) is 22.8 Å². The number of nitrogen functional groups attached to an aromatic ring is 1. The smallest absolute Gasteiger partial charge is 0.220 e. The Bertz CT molecular complexity index is 561. The Morgan fingerprint density at radius 1 is 1.39 bits per heavy atom. The largest absolute Gasteiger partial charge is 0.368 e. The lowest BCUT2D eigenvalue weighted by molar-refractivity contribution is 0.237. The Morgan fingerprint density at radius 3 is 3.06 bits per heavy atom. The summed E-state index contributed by atoms with van der Waals surface area (Å²) in [6.45, 7) is 4.68. The molecule has 94 valence electrons. The number of nitrogens with one attached hydrogen (secondary N) is 1. The number of anilines is 1. The van der Waals surface area contributed by atoms with E-state index in [9.17, 15) is 0 Å². The lowest BCUT2D eigenvalue weighted by Crippen LogP contribution is -2.31. The highest BCUT2D eigenvalue weighted by Gasteiger charge is 2.18. The zero-order chi connectivity index (χ0) is 12.5. The lowest BCUT2D eigenvalue weighted by atomic mass is 10.1. The van der Waals surface area contributed by atoms with Gasteiger partial charge in [-0.3, -0.25) is 4.90 Å². The van der Waals surface area contributed by atoms with E-state index in [0.29, 0.717) is 5.95 Å². The molecule has 2 aromatic heterocycles. The van der Waals surface area contributed by atoms with E-state index in [1.54, 1.807) is 0 Å². The number of fused-ring (bicyclic) bond motifs is 1. The van der Waals surface area contributed by atoms with Crippen molar-refractivity contribution in [2.24, 2.45) is 0 Å². The van der Waals surface area contributed by atoms with Gasteiger partial charge in [0.2, 0.25) is 5.95 Å². The van der Waals surface area contributed by atoms with Crippen LogP contribution in [-0.2, 0) is 19.5 Å². The first-order chi connectivity index (χ1) is 8.70. The molecule has 1 aliphatic heterocycles. The van der Waals surface area contributed by atoms with E-state index in [2.05, 4.69) is 24.8 Å². The summed E-state index contributed by atoms with van der Waals surface area (Å²) in [6.07, 6.45) is 4.61. The number of nitrogens with zero attached hydrogens (tertiary/aromatic N) is 4. The molecule has 0 amide bonds. The zero-order valence-electron chi connectivity index (χ0n) is 10.3. The molecule has 1 aliphatic rings. The van der Waals surface area contributed by atoms with E-state index in [1.807, 2.05) is 19.3 Å². The number of rotatable bonds is 2. The molecule has 0 spiro atoms. The average molecular weight is 244 g/mol. The summed E-state index contributed by atoms with van der Waals surface area (Å²) in [5.74, 6) is 1.37. The molecule has 0 radical (unpaired) electrons. The quantitative estimate of drug-likeness (QED) is 0.810.